The average Bonchev–Trinajstić information content (AvgIpc) is 2.39. The summed E-state index contributed by atoms with van der Waals surface area (Å²) < 4.78 is 0. The van der Waals surface area contributed by atoms with Gasteiger partial charge in [0.2, 0.25) is 5.91 Å². The van der Waals surface area contributed by atoms with Crippen molar-refractivity contribution in [3.63, 3.8) is 0 Å². The third-order valence-electron chi connectivity index (χ3n) is 3.43. The van der Waals surface area contributed by atoms with Crippen LogP contribution in [0.2, 0.25) is 0 Å². The van der Waals surface area contributed by atoms with Crippen LogP contribution >= 0.6 is 11.8 Å². The number of amides is 1. The molecule has 3 nitrogen and oxygen atoms in total. The molecule has 19 heavy (non-hydrogen) atoms. The summed E-state index contributed by atoms with van der Waals surface area (Å²) in [6, 6.07) is 8.09. The number of carbonyl (C=O) groups excluding carboxylic acids is 1. The van der Waals surface area contributed by atoms with Gasteiger partial charge in [0.25, 0.3) is 0 Å². The molecule has 1 atom stereocenters. The maximum atomic E-state index is 12.7. The maximum absolute atomic E-state index is 12.7. The quantitative estimate of drug-likeness (QED) is 0.846. The summed E-state index contributed by atoms with van der Waals surface area (Å²) in [6.45, 7) is 3.82. The van der Waals surface area contributed by atoms with Crippen molar-refractivity contribution in [2.24, 2.45) is 0 Å². The molecule has 1 heterocycles. The highest BCUT2D eigenvalue weighted by Crippen LogP contribution is 2.23. The average molecular weight is 278 g/mol. The Hall–Kier alpha value is -1.00. The summed E-state index contributed by atoms with van der Waals surface area (Å²) in [5.41, 5.74) is 2.29. The van der Waals surface area contributed by atoms with E-state index in [9.17, 15) is 4.79 Å². The van der Waals surface area contributed by atoms with Crippen LogP contribution in [0.4, 0.5) is 0 Å². The monoisotopic (exact) mass is 278 g/mol. The van der Waals surface area contributed by atoms with Crippen molar-refractivity contribution >= 4 is 17.7 Å². The Morgan fingerprint density at radius 2 is 2.00 bits per heavy atom. The third kappa shape index (κ3) is 3.51. The zero-order chi connectivity index (χ0) is 13.8. The summed E-state index contributed by atoms with van der Waals surface area (Å²) in [7, 11) is 3.95. The number of hydrogen-bond acceptors (Lipinski definition) is 3. The second-order valence-electron chi connectivity index (χ2n) is 5.22. The first kappa shape index (κ1) is 14.4. The molecule has 1 aliphatic rings. The zero-order valence-electron chi connectivity index (χ0n) is 11.9. The highest BCUT2D eigenvalue weighted by atomic mass is 32.2. The number of likely N-dealkylation sites (N-methyl/N-ethyl adjacent to an activating group) is 1. The zero-order valence-corrected chi connectivity index (χ0v) is 12.7. The van der Waals surface area contributed by atoms with Crippen molar-refractivity contribution in [1.82, 2.24) is 9.80 Å². The highest BCUT2D eigenvalue weighted by molar-refractivity contribution is 7.99. The van der Waals surface area contributed by atoms with Crippen molar-refractivity contribution in [2.45, 2.75) is 13.0 Å². The lowest BCUT2D eigenvalue weighted by molar-refractivity contribution is -0.136. The Bertz CT molecular complexity index is 442. The first-order valence-corrected chi connectivity index (χ1v) is 7.84. The summed E-state index contributed by atoms with van der Waals surface area (Å²) in [4.78, 5) is 16.7. The second kappa shape index (κ2) is 6.44. The molecular weight excluding hydrogens is 256 g/mol. The van der Waals surface area contributed by atoms with Gasteiger partial charge in [-0.1, -0.05) is 29.8 Å². The fraction of sp³-hybridized carbons (Fsp3) is 0.533. The number of benzene rings is 1. The molecule has 1 aromatic rings. The molecule has 1 saturated heterocycles. The minimum Gasteiger partial charge on any atom is -0.339 e. The highest BCUT2D eigenvalue weighted by Gasteiger charge is 2.28. The minimum atomic E-state index is -0.164. The van der Waals surface area contributed by atoms with E-state index in [4.69, 9.17) is 0 Å². The van der Waals surface area contributed by atoms with Crippen LogP contribution in [0.25, 0.3) is 0 Å². The Kier molecular flexibility index (Phi) is 4.88. The normalized spacial score (nSPS) is 17.6. The lowest BCUT2D eigenvalue weighted by Crippen LogP contribution is -2.44. The Labute approximate surface area is 120 Å². The first-order valence-electron chi connectivity index (χ1n) is 6.69. The van der Waals surface area contributed by atoms with E-state index in [0.29, 0.717) is 0 Å². The van der Waals surface area contributed by atoms with Gasteiger partial charge in [0, 0.05) is 24.6 Å². The van der Waals surface area contributed by atoms with Crippen LogP contribution in [-0.2, 0) is 4.79 Å². The summed E-state index contributed by atoms with van der Waals surface area (Å²) >= 11 is 1.93. The van der Waals surface area contributed by atoms with E-state index in [1.807, 2.05) is 47.8 Å². The molecule has 0 N–H and O–H groups in total. The van der Waals surface area contributed by atoms with Gasteiger partial charge < -0.3 is 4.90 Å². The molecule has 1 aromatic carbocycles. The van der Waals surface area contributed by atoms with Crippen molar-refractivity contribution in [1.29, 1.82) is 0 Å². The molecule has 0 radical (unpaired) electrons. The van der Waals surface area contributed by atoms with Gasteiger partial charge in [-0.05, 0) is 26.6 Å². The van der Waals surface area contributed by atoms with Gasteiger partial charge in [-0.2, -0.15) is 11.8 Å². The SMILES string of the molecule is Cc1cccc([C@H](C(=O)N2CCSCC2)N(C)C)c1. The van der Waals surface area contributed by atoms with Crippen molar-refractivity contribution in [3.05, 3.63) is 35.4 Å². The first-order chi connectivity index (χ1) is 9.09. The van der Waals surface area contributed by atoms with Gasteiger partial charge in [-0.15, -0.1) is 0 Å². The van der Waals surface area contributed by atoms with Gasteiger partial charge in [0.05, 0.1) is 0 Å². The predicted octanol–water partition coefficient (Wildman–Crippen LogP) is 2.17. The van der Waals surface area contributed by atoms with E-state index in [-0.39, 0.29) is 11.9 Å². The molecular formula is C15H22N2OS. The molecule has 0 unspecified atom stereocenters. The molecule has 1 aliphatic heterocycles. The fourth-order valence-electron chi connectivity index (χ4n) is 2.46. The van der Waals surface area contributed by atoms with Crippen LogP contribution in [0, 0.1) is 6.92 Å². The number of thioether (sulfide) groups is 1. The number of nitrogens with zero attached hydrogens (tertiary/aromatic N) is 2. The van der Waals surface area contributed by atoms with Gasteiger partial charge in [-0.3, -0.25) is 9.69 Å². The smallest absolute Gasteiger partial charge is 0.244 e. The van der Waals surface area contributed by atoms with Crippen molar-refractivity contribution < 1.29 is 4.79 Å². The minimum absolute atomic E-state index is 0.164. The van der Waals surface area contributed by atoms with Crippen LogP contribution in [0.1, 0.15) is 17.2 Å². The van der Waals surface area contributed by atoms with E-state index in [2.05, 4.69) is 19.1 Å². The van der Waals surface area contributed by atoms with Gasteiger partial charge in [0.1, 0.15) is 6.04 Å². The number of rotatable bonds is 3. The van der Waals surface area contributed by atoms with E-state index in [1.165, 1.54) is 5.56 Å². The molecule has 4 heteroatoms. The topological polar surface area (TPSA) is 23.6 Å². The van der Waals surface area contributed by atoms with E-state index < -0.39 is 0 Å². The lowest BCUT2D eigenvalue weighted by Gasteiger charge is -2.33. The van der Waals surface area contributed by atoms with E-state index in [1.54, 1.807) is 0 Å². The Morgan fingerprint density at radius 3 is 2.58 bits per heavy atom. The van der Waals surface area contributed by atoms with Crippen LogP contribution in [0.3, 0.4) is 0 Å². The van der Waals surface area contributed by atoms with Gasteiger partial charge in [0.15, 0.2) is 0 Å². The molecule has 0 spiro atoms. The molecule has 1 fully saturated rings. The van der Waals surface area contributed by atoms with Crippen molar-refractivity contribution in [3.8, 4) is 0 Å². The van der Waals surface area contributed by atoms with E-state index in [0.717, 1.165) is 30.2 Å². The molecule has 0 saturated carbocycles. The predicted molar refractivity (Wildman–Crippen MR) is 81.5 cm³/mol. The van der Waals surface area contributed by atoms with Gasteiger partial charge >= 0.3 is 0 Å². The summed E-state index contributed by atoms with van der Waals surface area (Å²) in [6.07, 6.45) is 0. The molecule has 1 amide bonds. The molecule has 0 aliphatic carbocycles. The Balaban J connectivity index is 2.22. The summed E-state index contributed by atoms with van der Waals surface area (Å²) in [5.74, 6) is 2.34. The standard InChI is InChI=1S/C15H22N2OS/c1-12-5-4-6-13(11-12)14(16(2)3)15(18)17-7-9-19-10-8-17/h4-6,11,14H,7-10H2,1-3H3/t14-/m1/s1. The van der Waals surface area contributed by atoms with Crippen LogP contribution < -0.4 is 0 Å². The molecule has 2 rings (SSSR count). The molecule has 104 valence electrons. The van der Waals surface area contributed by atoms with Gasteiger partial charge in [-0.25, -0.2) is 0 Å². The third-order valence-corrected chi connectivity index (χ3v) is 4.37. The van der Waals surface area contributed by atoms with Crippen molar-refractivity contribution in [2.75, 3.05) is 38.7 Å². The largest absolute Gasteiger partial charge is 0.339 e. The Morgan fingerprint density at radius 1 is 1.32 bits per heavy atom. The van der Waals surface area contributed by atoms with Crippen LogP contribution in [0.5, 0.6) is 0 Å². The molecule has 0 bridgehead atoms. The summed E-state index contributed by atoms with van der Waals surface area (Å²) in [5, 5.41) is 0. The maximum Gasteiger partial charge on any atom is 0.244 e. The van der Waals surface area contributed by atoms with Crippen LogP contribution in [-0.4, -0.2) is 54.4 Å². The fourth-order valence-corrected chi connectivity index (χ4v) is 3.36. The molecule has 0 aromatic heterocycles. The van der Waals surface area contributed by atoms with E-state index >= 15 is 0 Å². The number of aryl methyl sites for hydroxylation is 1. The second-order valence-corrected chi connectivity index (χ2v) is 6.44. The lowest BCUT2D eigenvalue weighted by atomic mass is 10.0. The van der Waals surface area contributed by atoms with Crippen LogP contribution in [0.15, 0.2) is 24.3 Å². The number of carbonyl (C=O) groups is 1. The number of hydrogen-bond donors (Lipinski definition) is 0.